The molecular formula is C19H19NO2. The maximum absolute atomic E-state index is 12.9. The lowest BCUT2D eigenvalue weighted by Crippen LogP contribution is -2.33. The maximum atomic E-state index is 12.9. The predicted molar refractivity (Wildman–Crippen MR) is 85.0 cm³/mol. The van der Waals surface area contributed by atoms with E-state index in [2.05, 4.69) is 26.0 Å². The summed E-state index contributed by atoms with van der Waals surface area (Å²) >= 11 is 0. The normalized spacial score (nSPS) is 32.1. The van der Waals surface area contributed by atoms with E-state index in [9.17, 15) is 9.59 Å². The Bertz CT molecular complexity index is 682. The minimum atomic E-state index is -0.195. The molecule has 0 aromatic heterocycles. The lowest BCUT2D eigenvalue weighted by Gasteiger charge is -2.19. The highest BCUT2D eigenvalue weighted by atomic mass is 16.2. The van der Waals surface area contributed by atoms with Crippen molar-refractivity contribution in [3.63, 3.8) is 0 Å². The number of hydrogen-bond donors (Lipinski definition) is 0. The largest absolute Gasteiger partial charge is 0.274 e. The lowest BCUT2D eigenvalue weighted by molar-refractivity contribution is -0.122. The van der Waals surface area contributed by atoms with Gasteiger partial charge in [-0.1, -0.05) is 48.4 Å². The summed E-state index contributed by atoms with van der Waals surface area (Å²) in [5, 5.41) is 0. The van der Waals surface area contributed by atoms with Crippen molar-refractivity contribution >= 4 is 17.5 Å². The zero-order chi connectivity index (χ0) is 15.4. The van der Waals surface area contributed by atoms with Crippen LogP contribution in [0.15, 0.2) is 53.6 Å². The van der Waals surface area contributed by atoms with Crippen molar-refractivity contribution < 1.29 is 9.59 Å². The summed E-state index contributed by atoms with van der Waals surface area (Å²) in [6.07, 6.45) is 5.26. The molecule has 2 fully saturated rings. The molecule has 22 heavy (non-hydrogen) atoms. The first kappa shape index (κ1) is 13.5. The van der Waals surface area contributed by atoms with Crippen LogP contribution in [0.25, 0.3) is 0 Å². The third-order valence-corrected chi connectivity index (χ3v) is 5.45. The number of para-hydroxylation sites is 1. The molecule has 0 radical (unpaired) electrons. The van der Waals surface area contributed by atoms with Gasteiger partial charge in [0.25, 0.3) is 0 Å². The average molecular weight is 293 g/mol. The first-order valence-electron chi connectivity index (χ1n) is 7.96. The third-order valence-electron chi connectivity index (χ3n) is 5.45. The zero-order valence-electron chi connectivity index (χ0n) is 12.8. The third kappa shape index (κ3) is 1.57. The van der Waals surface area contributed by atoms with Crippen molar-refractivity contribution in [2.24, 2.45) is 23.7 Å². The van der Waals surface area contributed by atoms with Gasteiger partial charge in [0.15, 0.2) is 0 Å². The molecule has 1 heterocycles. The number of rotatable bonds is 2. The fourth-order valence-electron chi connectivity index (χ4n) is 4.37. The van der Waals surface area contributed by atoms with E-state index in [4.69, 9.17) is 0 Å². The van der Waals surface area contributed by atoms with Gasteiger partial charge in [-0.05, 0) is 25.5 Å². The van der Waals surface area contributed by atoms with Crippen molar-refractivity contribution in [3.8, 4) is 0 Å². The van der Waals surface area contributed by atoms with E-state index >= 15 is 0 Å². The molecule has 4 atom stereocenters. The van der Waals surface area contributed by atoms with Gasteiger partial charge in [-0.15, -0.1) is 0 Å². The van der Waals surface area contributed by atoms with Crippen molar-refractivity contribution in [1.82, 2.24) is 0 Å². The lowest BCUT2D eigenvalue weighted by atomic mass is 9.85. The Morgan fingerprint density at radius 1 is 1.00 bits per heavy atom. The highest BCUT2D eigenvalue weighted by Crippen LogP contribution is 2.57. The SMILES string of the molecule is CCC(C)=C1[C@H]2C=C[C@H]1[C@H]1C(=O)N(c3ccccc3)C(=O)[C@@H]12. The van der Waals surface area contributed by atoms with Crippen LogP contribution in [0.1, 0.15) is 20.3 Å². The Balaban J connectivity index is 1.77. The molecule has 1 aromatic carbocycles. The predicted octanol–water partition coefficient (Wildman–Crippen LogP) is 3.33. The summed E-state index contributed by atoms with van der Waals surface area (Å²) < 4.78 is 0. The molecule has 112 valence electrons. The molecule has 1 saturated carbocycles. The van der Waals surface area contributed by atoms with Crippen LogP contribution in [0.2, 0.25) is 0 Å². The van der Waals surface area contributed by atoms with Gasteiger partial charge in [0.05, 0.1) is 17.5 Å². The number of carbonyl (C=O) groups is 2. The van der Waals surface area contributed by atoms with Crippen molar-refractivity contribution in [2.75, 3.05) is 4.90 Å². The van der Waals surface area contributed by atoms with Gasteiger partial charge in [-0.3, -0.25) is 9.59 Å². The van der Waals surface area contributed by atoms with Crippen LogP contribution in [0.5, 0.6) is 0 Å². The molecule has 2 amide bonds. The second kappa shape index (κ2) is 4.67. The first-order chi connectivity index (χ1) is 10.6. The number of amides is 2. The second-order valence-corrected chi connectivity index (χ2v) is 6.42. The minimum Gasteiger partial charge on any atom is -0.274 e. The molecule has 0 spiro atoms. The number of anilines is 1. The van der Waals surface area contributed by atoms with E-state index in [1.165, 1.54) is 16.0 Å². The number of fused-ring (bicyclic) bond motifs is 5. The maximum Gasteiger partial charge on any atom is 0.238 e. The summed E-state index contributed by atoms with van der Waals surface area (Å²) in [5.41, 5.74) is 3.36. The summed E-state index contributed by atoms with van der Waals surface area (Å²) in [7, 11) is 0. The van der Waals surface area contributed by atoms with Crippen LogP contribution in [0, 0.1) is 23.7 Å². The highest BCUT2D eigenvalue weighted by Gasteiger charge is 2.61. The molecule has 0 N–H and O–H groups in total. The second-order valence-electron chi connectivity index (χ2n) is 6.42. The number of nitrogens with zero attached hydrogens (tertiary/aromatic N) is 1. The molecule has 1 aromatic rings. The molecule has 0 unspecified atom stereocenters. The van der Waals surface area contributed by atoms with Gasteiger partial charge in [-0.2, -0.15) is 0 Å². The van der Waals surface area contributed by atoms with E-state index in [1.54, 1.807) is 0 Å². The number of benzene rings is 1. The minimum absolute atomic E-state index is 0.0283. The van der Waals surface area contributed by atoms with E-state index in [0.717, 1.165) is 6.42 Å². The molecule has 3 nitrogen and oxygen atoms in total. The highest BCUT2D eigenvalue weighted by molar-refractivity contribution is 6.23. The van der Waals surface area contributed by atoms with Gasteiger partial charge in [-0.25, -0.2) is 4.90 Å². The van der Waals surface area contributed by atoms with Crippen molar-refractivity contribution in [2.45, 2.75) is 20.3 Å². The molecule has 2 aliphatic carbocycles. The van der Waals surface area contributed by atoms with Gasteiger partial charge in [0.1, 0.15) is 0 Å². The standard InChI is InChI=1S/C19H19NO2/c1-3-11(2)15-13-9-10-14(15)17-16(13)18(21)20(19(17)22)12-7-5-4-6-8-12/h4-10,13-14,16-17H,3H2,1-2H3/t13-,14-,16-,17-/m1/s1. The number of imide groups is 1. The van der Waals surface area contributed by atoms with E-state index < -0.39 is 0 Å². The Morgan fingerprint density at radius 3 is 2.05 bits per heavy atom. The van der Waals surface area contributed by atoms with Gasteiger partial charge in [0.2, 0.25) is 11.8 Å². The Morgan fingerprint density at radius 2 is 1.55 bits per heavy atom. The summed E-state index contributed by atoms with van der Waals surface area (Å²) in [5.74, 6) is -0.197. The molecule has 1 aliphatic heterocycles. The Kier molecular flexibility index (Phi) is 2.86. The molecule has 3 heteroatoms. The molecule has 4 rings (SSSR count). The topological polar surface area (TPSA) is 37.4 Å². The van der Waals surface area contributed by atoms with Gasteiger partial charge >= 0.3 is 0 Å². The van der Waals surface area contributed by atoms with Crippen LogP contribution >= 0.6 is 0 Å². The monoisotopic (exact) mass is 293 g/mol. The first-order valence-corrected chi connectivity index (χ1v) is 7.96. The molecular weight excluding hydrogens is 274 g/mol. The van der Waals surface area contributed by atoms with Crippen LogP contribution in [-0.4, -0.2) is 11.8 Å². The van der Waals surface area contributed by atoms with Crippen molar-refractivity contribution in [3.05, 3.63) is 53.6 Å². The molecule has 1 saturated heterocycles. The number of carbonyl (C=O) groups excluding carboxylic acids is 2. The van der Waals surface area contributed by atoms with Gasteiger partial charge < -0.3 is 0 Å². The smallest absolute Gasteiger partial charge is 0.238 e. The molecule has 3 aliphatic rings. The quantitative estimate of drug-likeness (QED) is 0.619. The van der Waals surface area contributed by atoms with Crippen molar-refractivity contribution in [1.29, 1.82) is 0 Å². The average Bonchev–Trinajstić information content (AvgIpc) is 3.17. The summed E-state index contributed by atoms with van der Waals surface area (Å²) in [6.45, 7) is 4.27. The van der Waals surface area contributed by atoms with Crippen LogP contribution < -0.4 is 4.90 Å². The van der Waals surface area contributed by atoms with E-state index in [1.807, 2.05) is 30.3 Å². The number of allylic oxidation sites excluding steroid dienone is 4. The fraction of sp³-hybridized carbons (Fsp3) is 0.368. The van der Waals surface area contributed by atoms with Crippen LogP contribution in [0.4, 0.5) is 5.69 Å². The van der Waals surface area contributed by atoms with Gasteiger partial charge in [0, 0.05) is 11.8 Å². The Labute approximate surface area is 130 Å². The van der Waals surface area contributed by atoms with E-state index in [-0.39, 0.29) is 35.5 Å². The number of hydrogen-bond acceptors (Lipinski definition) is 2. The van der Waals surface area contributed by atoms with E-state index in [0.29, 0.717) is 5.69 Å². The zero-order valence-corrected chi connectivity index (χ0v) is 12.8. The van der Waals surface area contributed by atoms with Crippen LogP contribution in [-0.2, 0) is 9.59 Å². The molecule has 2 bridgehead atoms. The fourth-order valence-corrected chi connectivity index (χ4v) is 4.37. The summed E-state index contributed by atoms with van der Waals surface area (Å²) in [4.78, 5) is 27.2. The Hall–Kier alpha value is -2.16. The summed E-state index contributed by atoms with van der Waals surface area (Å²) in [6, 6.07) is 9.29. The van der Waals surface area contributed by atoms with Crippen LogP contribution in [0.3, 0.4) is 0 Å².